The van der Waals surface area contributed by atoms with Crippen LogP contribution < -0.4 is 10.6 Å². The van der Waals surface area contributed by atoms with Crippen LogP contribution in [0.5, 0.6) is 0 Å². The van der Waals surface area contributed by atoms with E-state index in [2.05, 4.69) is 24.1 Å². The predicted octanol–water partition coefficient (Wildman–Crippen LogP) is 1.54. The molecule has 0 saturated heterocycles. The van der Waals surface area contributed by atoms with Gasteiger partial charge < -0.3 is 10.6 Å². The van der Waals surface area contributed by atoms with Gasteiger partial charge in [0.25, 0.3) is 0 Å². The Morgan fingerprint density at radius 3 is 2.54 bits per heavy atom. The molecule has 0 aliphatic heterocycles. The summed E-state index contributed by atoms with van der Waals surface area (Å²) in [5, 5.41) is 6.77. The Hall–Kier alpha value is -0.340. The Morgan fingerprint density at radius 1 is 1.31 bits per heavy atom. The molecular weight excluding hydrogens is 160 g/mol. The maximum absolute atomic E-state index is 3.66. The van der Waals surface area contributed by atoms with Gasteiger partial charge >= 0.3 is 0 Å². The van der Waals surface area contributed by atoms with Crippen molar-refractivity contribution in [2.75, 3.05) is 26.2 Å². The molecule has 1 saturated carbocycles. The topological polar surface area (TPSA) is 24.1 Å². The van der Waals surface area contributed by atoms with Crippen molar-refractivity contribution in [1.82, 2.24) is 10.6 Å². The molecule has 0 amide bonds. The van der Waals surface area contributed by atoms with Gasteiger partial charge in [0.05, 0.1) is 0 Å². The fraction of sp³-hybridized carbons (Fsp3) is 0.818. The molecule has 2 N–H and O–H groups in total. The van der Waals surface area contributed by atoms with Crippen molar-refractivity contribution >= 4 is 0 Å². The van der Waals surface area contributed by atoms with Crippen molar-refractivity contribution in [2.45, 2.75) is 26.2 Å². The Bertz CT molecular complexity index is 150. The van der Waals surface area contributed by atoms with E-state index < -0.39 is 0 Å². The van der Waals surface area contributed by atoms with Gasteiger partial charge in [-0.3, -0.25) is 0 Å². The van der Waals surface area contributed by atoms with E-state index in [1.54, 1.807) is 0 Å². The van der Waals surface area contributed by atoms with Crippen LogP contribution in [0, 0.1) is 5.41 Å². The molecular formula is C11H22N2. The van der Waals surface area contributed by atoms with E-state index in [9.17, 15) is 0 Å². The SMILES string of the molecule is C=CCNCCNCC1(C)CCC1. The highest BCUT2D eigenvalue weighted by Gasteiger charge is 2.30. The molecule has 0 spiro atoms. The van der Waals surface area contributed by atoms with Crippen LogP contribution in [0.1, 0.15) is 26.2 Å². The Kier molecular flexibility index (Phi) is 4.46. The normalized spacial score (nSPS) is 19.5. The molecule has 1 aliphatic carbocycles. The molecule has 2 heteroatoms. The van der Waals surface area contributed by atoms with Crippen molar-refractivity contribution in [3.63, 3.8) is 0 Å². The van der Waals surface area contributed by atoms with Crippen LogP contribution in [-0.2, 0) is 0 Å². The van der Waals surface area contributed by atoms with Crippen LogP contribution in [-0.4, -0.2) is 26.2 Å². The van der Waals surface area contributed by atoms with Gasteiger partial charge in [-0.2, -0.15) is 0 Å². The summed E-state index contributed by atoms with van der Waals surface area (Å²) in [6.45, 7) is 10.2. The highest BCUT2D eigenvalue weighted by molar-refractivity contribution is 4.85. The van der Waals surface area contributed by atoms with E-state index in [1.807, 2.05) is 6.08 Å². The fourth-order valence-corrected chi connectivity index (χ4v) is 1.73. The first kappa shape index (κ1) is 10.7. The predicted molar refractivity (Wildman–Crippen MR) is 57.9 cm³/mol. The zero-order valence-electron chi connectivity index (χ0n) is 8.73. The van der Waals surface area contributed by atoms with Crippen LogP contribution in [0.15, 0.2) is 12.7 Å². The first-order valence-electron chi connectivity index (χ1n) is 5.29. The van der Waals surface area contributed by atoms with Gasteiger partial charge in [0.15, 0.2) is 0 Å². The van der Waals surface area contributed by atoms with E-state index in [0.717, 1.165) is 19.6 Å². The molecule has 0 radical (unpaired) electrons. The van der Waals surface area contributed by atoms with Crippen LogP contribution in [0.4, 0.5) is 0 Å². The third-order valence-electron chi connectivity index (χ3n) is 2.88. The number of hydrogen-bond acceptors (Lipinski definition) is 2. The lowest BCUT2D eigenvalue weighted by molar-refractivity contribution is 0.157. The highest BCUT2D eigenvalue weighted by atomic mass is 14.9. The summed E-state index contributed by atoms with van der Waals surface area (Å²) in [4.78, 5) is 0. The molecule has 1 fully saturated rings. The second-order valence-electron chi connectivity index (χ2n) is 4.33. The maximum Gasteiger partial charge on any atom is 0.0132 e. The van der Waals surface area contributed by atoms with E-state index >= 15 is 0 Å². The monoisotopic (exact) mass is 182 g/mol. The van der Waals surface area contributed by atoms with Crippen molar-refractivity contribution < 1.29 is 0 Å². The second-order valence-corrected chi connectivity index (χ2v) is 4.33. The van der Waals surface area contributed by atoms with Gasteiger partial charge in [0, 0.05) is 26.2 Å². The average Bonchev–Trinajstić information content (AvgIpc) is 2.08. The van der Waals surface area contributed by atoms with Gasteiger partial charge in [-0.15, -0.1) is 6.58 Å². The third-order valence-corrected chi connectivity index (χ3v) is 2.88. The summed E-state index contributed by atoms with van der Waals surface area (Å²) < 4.78 is 0. The minimum atomic E-state index is 0.610. The number of hydrogen-bond donors (Lipinski definition) is 2. The van der Waals surface area contributed by atoms with E-state index in [0.29, 0.717) is 5.41 Å². The van der Waals surface area contributed by atoms with Gasteiger partial charge in [-0.25, -0.2) is 0 Å². The lowest BCUT2D eigenvalue weighted by atomic mass is 9.70. The zero-order chi connectivity index (χ0) is 9.57. The summed E-state index contributed by atoms with van der Waals surface area (Å²) in [6.07, 6.45) is 6.13. The first-order valence-corrected chi connectivity index (χ1v) is 5.29. The van der Waals surface area contributed by atoms with Crippen molar-refractivity contribution in [3.05, 3.63) is 12.7 Å². The Balaban J connectivity index is 1.86. The molecule has 76 valence electrons. The molecule has 0 aromatic carbocycles. The van der Waals surface area contributed by atoms with Gasteiger partial charge in [0.1, 0.15) is 0 Å². The second kappa shape index (κ2) is 5.40. The van der Waals surface area contributed by atoms with Crippen LogP contribution in [0.2, 0.25) is 0 Å². The smallest absolute Gasteiger partial charge is 0.0132 e. The van der Waals surface area contributed by atoms with Gasteiger partial charge in [-0.05, 0) is 18.3 Å². The summed E-state index contributed by atoms with van der Waals surface area (Å²) >= 11 is 0. The van der Waals surface area contributed by atoms with Gasteiger partial charge in [0.2, 0.25) is 0 Å². The molecule has 0 heterocycles. The molecule has 0 aromatic rings. The Labute approximate surface area is 81.8 Å². The van der Waals surface area contributed by atoms with Crippen LogP contribution in [0.3, 0.4) is 0 Å². The lowest BCUT2D eigenvalue weighted by Crippen LogP contribution is -2.39. The quantitative estimate of drug-likeness (QED) is 0.461. The standard InChI is InChI=1S/C11H22N2/c1-3-7-12-8-9-13-10-11(2)5-4-6-11/h3,12-13H,1,4-10H2,2H3. The first-order chi connectivity index (χ1) is 6.27. The van der Waals surface area contributed by atoms with Crippen LogP contribution >= 0.6 is 0 Å². The van der Waals surface area contributed by atoms with Gasteiger partial charge in [-0.1, -0.05) is 19.4 Å². The largest absolute Gasteiger partial charge is 0.315 e. The molecule has 0 unspecified atom stereocenters. The maximum atomic E-state index is 3.66. The highest BCUT2D eigenvalue weighted by Crippen LogP contribution is 2.39. The van der Waals surface area contributed by atoms with Crippen molar-refractivity contribution in [2.24, 2.45) is 5.41 Å². The van der Waals surface area contributed by atoms with Crippen LogP contribution in [0.25, 0.3) is 0 Å². The van der Waals surface area contributed by atoms with E-state index in [1.165, 1.54) is 25.8 Å². The molecule has 1 rings (SSSR count). The van der Waals surface area contributed by atoms with Crippen molar-refractivity contribution in [3.8, 4) is 0 Å². The molecule has 2 nitrogen and oxygen atoms in total. The summed E-state index contributed by atoms with van der Waals surface area (Å²) in [5.41, 5.74) is 0.610. The van der Waals surface area contributed by atoms with E-state index in [-0.39, 0.29) is 0 Å². The number of nitrogens with one attached hydrogen (secondary N) is 2. The third kappa shape index (κ3) is 3.92. The molecule has 0 aromatic heterocycles. The Morgan fingerprint density at radius 2 is 2.00 bits per heavy atom. The lowest BCUT2D eigenvalue weighted by Gasteiger charge is -2.38. The molecule has 0 atom stereocenters. The minimum absolute atomic E-state index is 0.610. The molecule has 1 aliphatic rings. The number of rotatable bonds is 7. The summed E-state index contributed by atoms with van der Waals surface area (Å²) in [5.74, 6) is 0. The molecule has 13 heavy (non-hydrogen) atoms. The average molecular weight is 182 g/mol. The summed E-state index contributed by atoms with van der Waals surface area (Å²) in [6, 6.07) is 0. The zero-order valence-corrected chi connectivity index (χ0v) is 8.73. The minimum Gasteiger partial charge on any atom is -0.315 e. The fourth-order valence-electron chi connectivity index (χ4n) is 1.73. The summed E-state index contributed by atoms with van der Waals surface area (Å²) in [7, 11) is 0. The molecule has 0 bridgehead atoms. The van der Waals surface area contributed by atoms with E-state index in [4.69, 9.17) is 0 Å². The van der Waals surface area contributed by atoms with Crippen molar-refractivity contribution in [1.29, 1.82) is 0 Å².